The topological polar surface area (TPSA) is 39.2 Å². The first-order chi connectivity index (χ1) is 8.19. The van der Waals surface area contributed by atoms with Gasteiger partial charge in [0.15, 0.2) is 11.6 Å². The predicted octanol–water partition coefficient (Wildman–Crippen LogP) is 2.75. The van der Waals surface area contributed by atoms with Gasteiger partial charge in [0, 0.05) is 12.8 Å². The quantitative estimate of drug-likeness (QED) is 0.756. The largest absolute Gasteiger partial charge is 0.367 e. The summed E-state index contributed by atoms with van der Waals surface area (Å²) in [7, 11) is 0. The molecular formula is C13H16FNO2. The van der Waals surface area contributed by atoms with Gasteiger partial charge in [-0.3, -0.25) is 9.78 Å². The van der Waals surface area contributed by atoms with Crippen LogP contribution in [0, 0.1) is 5.82 Å². The zero-order valence-corrected chi connectivity index (χ0v) is 9.91. The summed E-state index contributed by atoms with van der Waals surface area (Å²) in [5, 5.41) is 0. The minimum Gasteiger partial charge on any atom is -0.367 e. The third-order valence-corrected chi connectivity index (χ3v) is 3.26. The molecule has 1 heterocycles. The summed E-state index contributed by atoms with van der Waals surface area (Å²) in [5.74, 6) is -0.805. The smallest absolute Gasteiger partial charge is 0.197 e. The van der Waals surface area contributed by atoms with Crippen LogP contribution in [0.25, 0.3) is 0 Å². The lowest BCUT2D eigenvalue weighted by atomic mass is 9.91. The molecule has 0 N–H and O–H groups in total. The number of ketones is 1. The van der Waals surface area contributed by atoms with Crippen molar-refractivity contribution in [2.45, 2.75) is 38.2 Å². The molecule has 1 saturated carbocycles. The van der Waals surface area contributed by atoms with Gasteiger partial charge in [-0.1, -0.05) is 0 Å². The van der Waals surface area contributed by atoms with Crippen LogP contribution in [-0.2, 0) is 4.74 Å². The molecule has 0 bridgehead atoms. The number of aromatic nitrogens is 1. The molecule has 17 heavy (non-hydrogen) atoms. The van der Waals surface area contributed by atoms with E-state index in [0.29, 0.717) is 19.4 Å². The van der Waals surface area contributed by atoms with E-state index in [4.69, 9.17) is 4.74 Å². The highest BCUT2D eigenvalue weighted by Gasteiger charge is 2.43. The predicted molar refractivity (Wildman–Crippen MR) is 61.4 cm³/mol. The Labute approximate surface area is 100 Å². The Morgan fingerprint density at radius 1 is 1.53 bits per heavy atom. The first kappa shape index (κ1) is 12.2. The molecular weight excluding hydrogens is 221 g/mol. The number of rotatable bonds is 4. The second kappa shape index (κ2) is 4.92. The summed E-state index contributed by atoms with van der Waals surface area (Å²) in [6.07, 6.45) is 5.78. The fourth-order valence-corrected chi connectivity index (χ4v) is 2.46. The molecule has 0 unspecified atom stereocenters. The van der Waals surface area contributed by atoms with Gasteiger partial charge < -0.3 is 4.74 Å². The Morgan fingerprint density at radius 3 is 2.82 bits per heavy atom. The molecule has 4 heteroatoms. The van der Waals surface area contributed by atoms with Crippen molar-refractivity contribution >= 4 is 5.78 Å². The van der Waals surface area contributed by atoms with Gasteiger partial charge in [-0.25, -0.2) is 4.39 Å². The van der Waals surface area contributed by atoms with Crippen LogP contribution in [0.5, 0.6) is 0 Å². The molecule has 3 nitrogen and oxygen atoms in total. The summed E-state index contributed by atoms with van der Waals surface area (Å²) >= 11 is 0. The van der Waals surface area contributed by atoms with Gasteiger partial charge in [-0.05, 0) is 38.7 Å². The highest BCUT2D eigenvalue weighted by molar-refractivity contribution is 6.02. The van der Waals surface area contributed by atoms with Crippen LogP contribution in [0.15, 0.2) is 18.5 Å². The first-order valence-electron chi connectivity index (χ1n) is 5.98. The second-order valence-electron chi connectivity index (χ2n) is 4.32. The standard InChI is InChI=1S/C13H16FNO2/c1-2-17-13(6-3-4-7-13)12(16)10-5-8-15-9-11(10)14/h5,8-9H,2-4,6-7H2,1H3. The van der Waals surface area contributed by atoms with E-state index in [2.05, 4.69) is 4.98 Å². The second-order valence-corrected chi connectivity index (χ2v) is 4.32. The van der Waals surface area contributed by atoms with Gasteiger partial charge in [-0.15, -0.1) is 0 Å². The van der Waals surface area contributed by atoms with E-state index in [1.54, 1.807) is 0 Å². The molecule has 0 aromatic carbocycles. The average molecular weight is 237 g/mol. The first-order valence-corrected chi connectivity index (χ1v) is 5.98. The van der Waals surface area contributed by atoms with Crippen molar-refractivity contribution < 1.29 is 13.9 Å². The van der Waals surface area contributed by atoms with Crippen molar-refractivity contribution in [1.29, 1.82) is 0 Å². The number of halogens is 1. The molecule has 2 rings (SSSR count). The third-order valence-electron chi connectivity index (χ3n) is 3.26. The van der Waals surface area contributed by atoms with E-state index < -0.39 is 11.4 Å². The van der Waals surface area contributed by atoms with Gasteiger partial charge >= 0.3 is 0 Å². The van der Waals surface area contributed by atoms with E-state index in [-0.39, 0.29) is 11.3 Å². The Kier molecular flexibility index (Phi) is 3.52. The van der Waals surface area contributed by atoms with Crippen LogP contribution in [0.3, 0.4) is 0 Å². The molecule has 0 spiro atoms. The number of ether oxygens (including phenoxy) is 1. The summed E-state index contributed by atoms with van der Waals surface area (Å²) < 4.78 is 19.2. The van der Waals surface area contributed by atoms with E-state index in [1.807, 2.05) is 6.92 Å². The maximum absolute atomic E-state index is 13.6. The minimum atomic E-state index is -0.809. The average Bonchev–Trinajstić information content (AvgIpc) is 2.79. The summed E-state index contributed by atoms with van der Waals surface area (Å²) in [4.78, 5) is 16.0. The van der Waals surface area contributed by atoms with Crippen LogP contribution >= 0.6 is 0 Å². The molecule has 0 aliphatic heterocycles. The number of carbonyl (C=O) groups is 1. The van der Waals surface area contributed by atoms with E-state index in [0.717, 1.165) is 19.0 Å². The van der Waals surface area contributed by atoms with Crippen LogP contribution in [0.4, 0.5) is 4.39 Å². The fraction of sp³-hybridized carbons (Fsp3) is 0.538. The number of hydrogen-bond donors (Lipinski definition) is 0. The lowest BCUT2D eigenvalue weighted by Gasteiger charge is -2.27. The van der Waals surface area contributed by atoms with Crippen molar-refractivity contribution in [3.63, 3.8) is 0 Å². The Balaban J connectivity index is 2.32. The molecule has 1 aliphatic rings. The van der Waals surface area contributed by atoms with Crippen molar-refractivity contribution in [2.75, 3.05) is 6.61 Å². The molecule has 0 amide bonds. The summed E-state index contributed by atoms with van der Waals surface area (Å²) in [5.41, 5.74) is -0.716. The highest BCUT2D eigenvalue weighted by atomic mass is 19.1. The minimum absolute atomic E-state index is 0.0929. The number of nitrogens with zero attached hydrogens (tertiary/aromatic N) is 1. The zero-order valence-electron chi connectivity index (χ0n) is 9.91. The van der Waals surface area contributed by atoms with Gasteiger partial charge in [0.25, 0.3) is 0 Å². The van der Waals surface area contributed by atoms with E-state index >= 15 is 0 Å². The van der Waals surface area contributed by atoms with Crippen LogP contribution in [0.2, 0.25) is 0 Å². The van der Waals surface area contributed by atoms with Crippen LogP contribution in [0.1, 0.15) is 43.0 Å². The normalized spacial score (nSPS) is 18.2. The Morgan fingerprint density at radius 2 is 2.24 bits per heavy atom. The lowest BCUT2D eigenvalue weighted by molar-refractivity contribution is -0.0166. The maximum atomic E-state index is 13.6. The summed E-state index contributed by atoms with van der Waals surface area (Å²) in [6, 6.07) is 1.43. The third kappa shape index (κ3) is 2.22. The van der Waals surface area contributed by atoms with Gasteiger partial charge in [0.05, 0.1) is 11.8 Å². The molecule has 0 radical (unpaired) electrons. The van der Waals surface area contributed by atoms with Gasteiger partial charge in [0.2, 0.25) is 0 Å². The molecule has 92 valence electrons. The highest BCUT2D eigenvalue weighted by Crippen LogP contribution is 2.36. The molecule has 1 aromatic rings. The molecule has 1 aliphatic carbocycles. The molecule has 1 fully saturated rings. The van der Waals surface area contributed by atoms with Gasteiger partial charge in [-0.2, -0.15) is 0 Å². The van der Waals surface area contributed by atoms with Crippen molar-refractivity contribution in [1.82, 2.24) is 4.98 Å². The Hall–Kier alpha value is -1.29. The Bertz CT molecular complexity index is 414. The van der Waals surface area contributed by atoms with Crippen LogP contribution in [-0.4, -0.2) is 23.0 Å². The lowest BCUT2D eigenvalue weighted by Crippen LogP contribution is -2.39. The monoisotopic (exact) mass is 237 g/mol. The van der Waals surface area contributed by atoms with Crippen molar-refractivity contribution in [3.8, 4) is 0 Å². The molecule has 0 atom stereocenters. The van der Waals surface area contributed by atoms with Crippen molar-refractivity contribution in [2.24, 2.45) is 0 Å². The summed E-state index contributed by atoms with van der Waals surface area (Å²) in [6.45, 7) is 2.33. The SMILES string of the molecule is CCOC1(C(=O)c2ccncc2F)CCCC1. The van der Waals surface area contributed by atoms with Gasteiger partial charge in [0.1, 0.15) is 5.60 Å². The zero-order chi connectivity index (χ0) is 12.3. The maximum Gasteiger partial charge on any atom is 0.197 e. The number of hydrogen-bond acceptors (Lipinski definition) is 3. The number of pyridine rings is 1. The van der Waals surface area contributed by atoms with E-state index in [1.165, 1.54) is 12.3 Å². The fourth-order valence-electron chi connectivity index (χ4n) is 2.46. The molecule has 1 aromatic heterocycles. The van der Waals surface area contributed by atoms with Crippen LogP contribution < -0.4 is 0 Å². The molecule has 0 saturated heterocycles. The number of Topliss-reactive ketones (excluding diaryl/α,β-unsaturated/α-hetero) is 1. The van der Waals surface area contributed by atoms with E-state index in [9.17, 15) is 9.18 Å². The van der Waals surface area contributed by atoms with Crippen molar-refractivity contribution in [3.05, 3.63) is 29.8 Å². The number of carbonyl (C=O) groups excluding carboxylic acids is 1.